The molecule has 6 nitrogen and oxygen atoms in total. The number of nitrogens with zero attached hydrogens (tertiary/aromatic N) is 3. The maximum atomic E-state index is 11.2. The third-order valence-corrected chi connectivity index (χ3v) is 3.42. The molecular formula is C11H14N4O2S. The monoisotopic (exact) mass is 266 g/mol. The van der Waals surface area contributed by atoms with E-state index in [4.69, 9.17) is 5.73 Å². The third-order valence-electron chi connectivity index (χ3n) is 2.49. The van der Waals surface area contributed by atoms with Gasteiger partial charge >= 0.3 is 0 Å². The van der Waals surface area contributed by atoms with Crippen LogP contribution in [0.15, 0.2) is 30.9 Å². The molecule has 0 saturated heterocycles. The standard InChI is InChI=1S/C11H14N4O2S/c1-18(16,17)5-4-15-8-13-7-10(15)9-2-3-14-11(12)6-9/h2-3,6-8H,4-5H2,1H3,(H2,12,14). The molecule has 0 aliphatic heterocycles. The second kappa shape index (κ2) is 4.77. The molecule has 0 saturated carbocycles. The number of nitrogen functional groups attached to an aromatic ring is 1. The molecule has 0 aromatic carbocycles. The van der Waals surface area contributed by atoms with Crippen LogP contribution in [0.1, 0.15) is 0 Å². The van der Waals surface area contributed by atoms with Gasteiger partial charge in [0.2, 0.25) is 0 Å². The number of aryl methyl sites for hydroxylation is 1. The van der Waals surface area contributed by atoms with Gasteiger partial charge in [-0.25, -0.2) is 18.4 Å². The molecule has 0 atom stereocenters. The van der Waals surface area contributed by atoms with Crippen molar-refractivity contribution in [2.24, 2.45) is 0 Å². The van der Waals surface area contributed by atoms with Crippen LogP contribution >= 0.6 is 0 Å². The Hall–Kier alpha value is -1.89. The van der Waals surface area contributed by atoms with E-state index in [2.05, 4.69) is 9.97 Å². The largest absolute Gasteiger partial charge is 0.384 e. The van der Waals surface area contributed by atoms with Crippen molar-refractivity contribution in [1.29, 1.82) is 0 Å². The van der Waals surface area contributed by atoms with Crippen LogP contribution in [0.3, 0.4) is 0 Å². The van der Waals surface area contributed by atoms with E-state index >= 15 is 0 Å². The van der Waals surface area contributed by atoms with E-state index in [0.717, 1.165) is 11.3 Å². The third kappa shape index (κ3) is 3.07. The highest BCUT2D eigenvalue weighted by Crippen LogP contribution is 2.19. The van der Waals surface area contributed by atoms with Gasteiger partial charge in [0, 0.05) is 24.6 Å². The van der Waals surface area contributed by atoms with Crippen molar-refractivity contribution >= 4 is 15.7 Å². The maximum absolute atomic E-state index is 11.2. The quantitative estimate of drug-likeness (QED) is 0.873. The average molecular weight is 266 g/mol. The summed E-state index contributed by atoms with van der Waals surface area (Å²) in [5.74, 6) is 0.500. The first-order valence-electron chi connectivity index (χ1n) is 5.35. The number of rotatable bonds is 4. The van der Waals surface area contributed by atoms with Crippen LogP contribution in [0, 0.1) is 0 Å². The van der Waals surface area contributed by atoms with Gasteiger partial charge in [0.25, 0.3) is 0 Å². The smallest absolute Gasteiger partial charge is 0.149 e. The van der Waals surface area contributed by atoms with Gasteiger partial charge < -0.3 is 10.3 Å². The van der Waals surface area contributed by atoms with Crippen LogP contribution in [0.25, 0.3) is 11.3 Å². The number of nitrogens with two attached hydrogens (primary N) is 1. The van der Waals surface area contributed by atoms with Crippen LogP contribution in [-0.2, 0) is 16.4 Å². The first-order chi connectivity index (χ1) is 8.46. The minimum Gasteiger partial charge on any atom is -0.384 e. The fraction of sp³-hybridized carbons (Fsp3) is 0.273. The van der Waals surface area contributed by atoms with Crippen LogP contribution < -0.4 is 5.73 Å². The summed E-state index contributed by atoms with van der Waals surface area (Å²) >= 11 is 0. The van der Waals surface area contributed by atoms with Crippen LogP contribution in [0.5, 0.6) is 0 Å². The summed E-state index contributed by atoms with van der Waals surface area (Å²) in [6, 6.07) is 3.54. The molecule has 0 aliphatic carbocycles. The van der Waals surface area contributed by atoms with Crippen LogP contribution in [0.4, 0.5) is 5.82 Å². The normalized spacial score (nSPS) is 11.6. The van der Waals surface area contributed by atoms with Gasteiger partial charge in [-0.3, -0.25) is 0 Å². The van der Waals surface area contributed by atoms with Crippen molar-refractivity contribution in [3.63, 3.8) is 0 Å². The molecule has 0 fully saturated rings. The van der Waals surface area contributed by atoms with Gasteiger partial charge in [0.1, 0.15) is 15.7 Å². The highest BCUT2D eigenvalue weighted by atomic mass is 32.2. The number of hydrogen-bond donors (Lipinski definition) is 1. The van der Waals surface area contributed by atoms with E-state index in [0.29, 0.717) is 12.4 Å². The average Bonchev–Trinajstić information content (AvgIpc) is 2.73. The summed E-state index contributed by atoms with van der Waals surface area (Å²) in [5.41, 5.74) is 7.32. The first kappa shape index (κ1) is 12.6. The molecule has 18 heavy (non-hydrogen) atoms. The van der Waals surface area contributed by atoms with E-state index in [9.17, 15) is 8.42 Å². The Balaban J connectivity index is 2.28. The van der Waals surface area contributed by atoms with Gasteiger partial charge in [-0.1, -0.05) is 0 Å². The highest BCUT2D eigenvalue weighted by molar-refractivity contribution is 7.90. The lowest BCUT2D eigenvalue weighted by atomic mass is 10.2. The summed E-state index contributed by atoms with van der Waals surface area (Å²) < 4.78 is 24.1. The van der Waals surface area contributed by atoms with E-state index in [1.54, 1.807) is 29.4 Å². The Morgan fingerprint density at radius 2 is 2.22 bits per heavy atom. The summed E-state index contributed by atoms with van der Waals surface area (Å²) in [5, 5.41) is 0. The molecule has 0 bridgehead atoms. The van der Waals surface area contributed by atoms with Gasteiger partial charge in [0.05, 0.1) is 24.0 Å². The van der Waals surface area contributed by atoms with Crippen molar-refractivity contribution in [2.75, 3.05) is 17.7 Å². The molecule has 2 aromatic rings. The SMILES string of the molecule is CS(=O)(=O)CCn1cncc1-c1ccnc(N)c1. The van der Waals surface area contributed by atoms with Crippen LogP contribution in [0.2, 0.25) is 0 Å². The molecule has 2 heterocycles. The Morgan fingerprint density at radius 3 is 2.89 bits per heavy atom. The summed E-state index contributed by atoms with van der Waals surface area (Å²) in [6.07, 6.45) is 6.11. The van der Waals surface area contributed by atoms with E-state index in [1.165, 1.54) is 6.26 Å². The van der Waals surface area contributed by atoms with E-state index in [1.807, 2.05) is 6.07 Å². The number of pyridine rings is 1. The molecule has 0 amide bonds. The Kier molecular flexibility index (Phi) is 3.33. The molecule has 0 aliphatic rings. The molecule has 0 radical (unpaired) electrons. The van der Waals surface area contributed by atoms with Crippen molar-refractivity contribution < 1.29 is 8.42 Å². The zero-order valence-electron chi connectivity index (χ0n) is 9.94. The minimum atomic E-state index is -2.99. The van der Waals surface area contributed by atoms with Gasteiger partial charge in [-0.15, -0.1) is 0 Å². The number of imidazole rings is 1. The second-order valence-electron chi connectivity index (χ2n) is 4.07. The van der Waals surface area contributed by atoms with Gasteiger partial charge in [-0.2, -0.15) is 0 Å². The second-order valence-corrected chi connectivity index (χ2v) is 6.33. The molecule has 96 valence electrons. The molecule has 0 spiro atoms. The predicted molar refractivity (Wildman–Crippen MR) is 69.6 cm³/mol. The molecule has 2 rings (SSSR count). The fourth-order valence-corrected chi connectivity index (χ4v) is 2.14. The Bertz CT molecular complexity index is 649. The summed E-state index contributed by atoms with van der Waals surface area (Å²) in [6.45, 7) is 0.371. The van der Waals surface area contributed by atoms with Crippen molar-refractivity contribution in [3.05, 3.63) is 30.9 Å². The Morgan fingerprint density at radius 1 is 1.44 bits per heavy atom. The van der Waals surface area contributed by atoms with Crippen LogP contribution in [-0.4, -0.2) is 35.0 Å². The Labute approximate surface area is 105 Å². The number of sulfone groups is 1. The zero-order chi connectivity index (χ0) is 13.2. The molecule has 7 heteroatoms. The van der Waals surface area contributed by atoms with E-state index < -0.39 is 9.84 Å². The van der Waals surface area contributed by atoms with Crippen molar-refractivity contribution in [3.8, 4) is 11.3 Å². The first-order valence-corrected chi connectivity index (χ1v) is 7.41. The summed E-state index contributed by atoms with van der Waals surface area (Å²) in [7, 11) is -2.99. The highest BCUT2D eigenvalue weighted by Gasteiger charge is 2.08. The number of anilines is 1. The van der Waals surface area contributed by atoms with Crippen molar-refractivity contribution in [1.82, 2.24) is 14.5 Å². The summed E-state index contributed by atoms with van der Waals surface area (Å²) in [4.78, 5) is 7.95. The maximum Gasteiger partial charge on any atom is 0.149 e. The number of hydrogen-bond acceptors (Lipinski definition) is 5. The lowest BCUT2D eigenvalue weighted by Gasteiger charge is -2.07. The predicted octanol–water partition coefficient (Wildman–Crippen LogP) is 0.572. The fourth-order valence-electron chi connectivity index (χ4n) is 1.61. The lowest BCUT2D eigenvalue weighted by Crippen LogP contribution is -2.11. The molecule has 2 aromatic heterocycles. The van der Waals surface area contributed by atoms with Crippen molar-refractivity contribution in [2.45, 2.75) is 6.54 Å². The molecular weight excluding hydrogens is 252 g/mol. The lowest BCUT2D eigenvalue weighted by molar-refractivity contribution is 0.595. The number of aromatic nitrogens is 3. The van der Waals surface area contributed by atoms with Gasteiger partial charge in [0.15, 0.2) is 0 Å². The van der Waals surface area contributed by atoms with E-state index in [-0.39, 0.29) is 5.75 Å². The molecule has 2 N–H and O–H groups in total. The molecule has 0 unspecified atom stereocenters. The van der Waals surface area contributed by atoms with Gasteiger partial charge in [-0.05, 0) is 12.1 Å². The zero-order valence-corrected chi connectivity index (χ0v) is 10.8. The topological polar surface area (TPSA) is 90.9 Å². The minimum absolute atomic E-state index is 0.0803.